The van der Waals surface area contributed by atoms with Crippen molar-refractivity contribution < 1.29 is 8.78 Å². The molecule has 30 heavy (non-hydrogen) atoms. The van der Waals surface area contributed by atoms with Crippen LogP contribution in [0.2, 0.25) is 5.02 Å². The van der Waals surface area contributed by atoms with E-state index in [1.54, 1.807) is 0 Å². The maximum Gasteiger partial charge on any atom is 0.252 e. The van der Waals surface area contributed by atoms with Crippen LogP contribution in [0.1, 0.15) is 12.8 Å². The number of para-hydroxylation sites is 1. The number of nitrogens with zero attached hydrogens (tertiary/aromatic N) is 5. The number of rotatable bonds is 5. The van der Waals surface area contributed by atoms with Crippen molar-refractivity contribution in [1.29, 1.82) is 0 Å². The number of alkyl halides is 2. The van der Waals surface area contributed by atoms with Gasteiger partial charge in [-0.2, -0.15) is 5.10 Å². The predicted octanol–water partition coefficient (Wildman–Crippen LogP) is 4.96. The Balaban J connectivity index is 1.39. The lowest BCUT2D eigenvalue weighted by Gasteiger charge is -2.40. The zero-order chi connectivity index (χ0) is 21.3. The van der Waals surface area contributed by atoms with E-state index in [1.165, 1.54) is 0 Å². The molecule has 2 fully saturated rings. The van der Waals surface area contributed by atoms with E-state index in [9.17, 15) is 8.78 Å². The van der Waals surface area contributed by atoms with Gasteiger partial charge >= 0.3 is 0 Å². The lowest BCUT2D eigenvalue weighted by atomic mass is 10.2. The van der Waals surface area contributed by atoms with Crippen molar-refractivity contribution >= 4 is 45.8 Å². The van der Waals surface area contributed by atoms with Gasteiger partial charge in [0.15, 0.2) is 0 Å². The van der Waals surface area contributed by atoms with E-state index in [2.05, 4.69) is 42.7 Å². The molecule has 0 radical (unpaired) electrons. The minimum absolute atomic E-state index is 0.0846. The smallest absolute Gasteiger partial charge is 0.252 e. The average molecular weight is 499 g/mol. The molecule has 2 aliphatic heterocycles. The van der Waals surface area contributed by atoms with Crippen LogP contribution in [-0.2, 0) is 0 Å². The van der Waals surface area contributed by atoms with Crippen LogP contribution >= 0.6 is 27.5 Å². The molecule has 0 aromatic heterocycles. The first kappa shape index (κ1) is 21.3. The van der Waals surface area contributed by atoms with E-state index in [4.69, 9.17) is 11.6 Å². The van der Waals surface area contributed by atoms with E-state index in [1.807, 2.05) is 41.4 Å². The van der Waals surface area contributed by atoms with Gasteiger partial charge in [-0.25, -0.2) is 8.78 Å². The summed E-state index contributed by atoms with van der Waals surface area (Å²) in [6, 6.07) is 7.89. The highest BCUT2D eigenvalue weighted by atomic mass is 79.9. The van der Waals surface area contributed by atoms with Gasteiger partial charge in [0.2, 0.25) is 0 Å². The van der Waals surface area contributed by atoms with Crippen molar-refractivity contribution in [2.24, 2.45) is 16.1 Å². The number of anilines is 1. The molecule has 1 aromatic carbocycles. The van der Waals surface area contributed by atoms with E-state index in [0.717, 1.165) is 47.1 Å². The molecule has 9 heteroatoms. The number of halogens is 4. The molecule has 3 aliphatic rings. The van der Waals surface area contributed by atoms with Crippen molar-refractivity contribution in [2.45, 2.75) is 18.8 Å². The third kappa shape index (κ3) is 4.54. The van der Waals surface area contributed by atoms with Crippen LogP contribution in [0, 0.1) is 5.92 Å². The first-order chi connectivity index (χ1) is 14.4. The molecule has 0 N–H and O–H groups in total. The second kappa shape index (κ2) is 8.67. The second-order valence-electron chi connectivity index (χ2n) is 7.68. The van der Waals surface area contributed by atoms with Gasteiger partial charge in [-0.3, -0.25) is 0 Å². The molecule has 1 unspecified atom stereocenters. The summed E-state index contributed by atoms with van der Waals surface area (Å²) in [5.41, 5.74) is 2.17. The molecule has 2 heterocycles. The van der Waals surface area contributed by atoms with Gasteiger partial charge in [-0.15, -0.1) is 5.10 Å². The normalized spacial score (nSPS) is 23.8. The first-order valence-corrected chi connectivity index (χ1v) is 11.0. The number of hydrogen-bond acceptors (Lipinski definition) is 4. The monoisotopic (exact) mass is 497 g/mol. The molecule has 160 valence electrons. The second-order valence-corrected chi connectivity index (χ2v) is 9.05. The molecular formula is C21H23BrClF2N5. The summed E-state index contributed by atoms with van der Waals surface area (Å²) < 4.78 is 27.7. The number of piperazine rings is 1. The zero-order valence-corrected chi connectivity index (χ0v) is 18.8. The van der Waals surface area contributed by atoms with Crippen molar-refractivity contribution in [2.75, 3.05) is 37.6 Å². The molecule has 0 bridgehead atoms. The van der Waals surface area contributed by atoms with E-state index in [0.29, 0.717) is 12.4 Å². The average Bonchev–Trinajstić information content (AvgIpc) is 3.34. The van der Waals surface area contributed by atoms with Crippen LogP contribution in [0.4, 0.5) is 14.5 Å². The minimum Gasteiger partial charge on any atom is -0.367 e. The fourth-order valence-corrected chi connectivity index (χ4v) is 4.80. The molecule has 1 atom stereocenters. The van der Waals surface area contributed by atoms with Gasteiger partial charge in [-0.1, -0.05) is 39.7 Å². The molecule has 5 nitrogen and oxygen atoms in total. The highest BCUT2D eigenvalue weighted by Crippen LogP contribution is 2.51. The Labute approximate surface area is 188 Å². The predicted molar refractivity (Wildman–Crippen MR) is 122 cm³/mol. The Morgan fingerprint density at radius 3 is 2.47 bits per heavy atom. The number of amidine groups is 1. The SMILES string of the molecule is C=N/N=C(/CC1CC1(F)F)N1C=CC(N2CCN(c3ccccc3Cl)CC2)=C(Br)C1. The van der Waals surface area contributed by atoms with Gasteiger partial charge in [-0.05, 0) is 18.2 Å². The Morgan fingerprint density at radius 2 is 1.87 bits per heavy atom. The van der Waals surface area contributed by atoms with Crippen molar-refractivity contribution in [3.8, 4) is 0 Å². The summed E-state index contributed by atoms with van der Waals surface area (Å²) in [6.07, 6.45) is 4.01. The lowest BCUT2D eigenvalue weighted by Crippen LogP contribution is -2.46. The van der Waals surface area contributed by atoms with Crippen LogP contribution in [0.3, 0.4) is 0 Å². The number of hydrogen-bond donors (Lipinski definition) is 0. The highest BCUT2D eigenvalue weighted by molar-refractivity contribution is 9.11. The molecule has 0 amide bonds. The molecule has 0 spiro atoms. The van der Waals surface area contributed by atoms with E-state index >= 15 is 0 Å². The summed E-state index contributed by atoms with van der Waals surface area (Å²) in [5.74, 6) is -2.72. The van der Waals surface area contributed by atoms with Gasteiger partial charge in [0.1, 0.15) is 5.84 Å². The molecule has 1 aliphatic carbocycles. The van der Waals surface area contributed by atoms with Gasteiger partial charge in [0.05, 0.1) is 23.0 Å². The van der Waals surface area contributed by atoms with Gasteiger partial charge < -0.3 is 14.7 Å². The Morgan fingerprint density at radius 1 is 1.20 bits per heavy atom. The van der Waals surface area contributed by atoms with Gasteiger partial charge in [0, 0.05) is 62.3 Å². The Kier molecular flexibility index (Phi) is 6.16. The largest absolute Gasteiger partial charge is 0.367 e. The van der Waals surface area contributed by atoms with Crippen molar-refractivity contribution in [3.63, 3.8) is 0 Å². The maximum atomic E-state index is 13.3. The third-order valence-electron chi connectivity index (χ3n) is 5.72. The molecule has 1 aromatic rings. The summed E-state index contributed by atoms with van der Waals surface area (Å²) in [7, 11) is 0. The highest BCUT2D eigenvalue weighted by Gasteiger charge is 2.57. The topological polar surface area (TPSA) is 34.4 Å². The minimum atomic E-state index is -2.58. The first-order valence-electron chi connectivity index (χ1n) is 9.87. The standard InChI is InChI=1S/C21H23BrClF2N5/c1-26-27-20(12-15-13-21(15,24)25)30-7-6-18(16(22)14-30)28-8-10-29(11-9-28)19-5-3-2-4-17(19)23/h2-7,15H,1,8-14H2/b27-20-. The summed E-state index contributed by atoms with van der Waals surface area (Å²) >= 11 is 10.0. The fourth-order valence-electron chi connectivity index (χ4n) is 3.89. The van der Waals surface area contributed by atoms with E-state index in [-0.39, 0.29) is 12.8 Å². The van der Waals surface area contributed by atoms with Crippen LogP contribution in [0.5, 0.6) is 0 Å². The molecule has 1 saturated heterocycles. The summed E-state index contributed by atoms with van der Waals surface area (Å²) in [6.45, 7) is 7.38. The molecular weight excluding hydrogens is 476 g/mol. The quantitative estimate of drug-likeness (QED) is 0.327. The fraction of sp³-hybridized carbons (Fsp3) is 0.429. The molecule has 4 rings (SSSR count). The summed E-state index contributed by atoms with van der Waals surface area (Å²) in [4.78, 5) is 6.47. The van der Waals surface area contributed by atoms with Crippen LogP contribution < -0.4 is 4.90 Å². The Bertz CT molecular complexity index is 908. The molecule has 1 saturated carbocycles. The Hall–Kier alpha value is -1.93. The summed E-state index contributed by atoms with van der Waals surface area (Å²) in [5, 5.41) is 8.36. The maximum absolute atomic E-state index is 13.3. The third-order valence-corrected chi connectivity index (χ3v) is 6.69. The lowest BCUT2D eigenvalue weighted by molar-refractivity contribution is 0.0998. The van der Waals surface area contributed by atoms with Crippen molar-refractivity contribution in [3.05, 3.63) is 51.7 Å². The van der Waals surface area contributed by atoms with Gasteiger partial charge in [0.25, 0.3) is 5.92 Å². The number of benzene rings is 1. The van der Waals surface area contributed by atoms with Crippen LogP contribution in [-0.4, -0.2) is 61.0 Å². The number of allylic oxidation sites excluding steroid dienone is 1. The van der Waals surface area contributed by atoms with Crippen LogP contribution in [0.15, 0.2) is 56.9 Å². The van der Waals surface area contributed by atoms with E-state index < -0.39 is 11.8 Å². The van der Waals surface area contributed by atoms with Crippen LogP contribution in [0.25, 0.3) is 0 Å². The zero-order valence-electron chi connectivity index (χ0n) is 16.4. The van der Waals surface area contributed by atoms with Crippen molar-refractivity contribution in [1.82, 2.24) is 9.80 Å².